The molecule has 0 aliphatic rings. The van der Waals surface area contributed by atoms with Gasteiger partial charge in [-0.1, -0.05) is 47.6 Å². The van der Waals surface area contributed by atoms with Crippen molar-refractivity contribution in [2.24, 2.45) is 5.16 Å². The van der Waals surface area contributed by atoms with Crippen molar-refractivity contribution in [1.29, 1.82) is 5.26 Å². The molecule has 112 valence electrons. The average molecular weight is 294 g/mol. The number of para-hydroxylation sites is 1. The fraction of sp³-hybridized carbons (Fsp3) is 0.222. The second-order valence-corrected chi connectivity index (χ2v) is 4.68. The number of aryl methyl sites for hydroxylation is 1. The minimum absolute atomic E-state index is 0.255. The van der Waals surface area contributed by atoms with Gasteiger partial charge in [-0.05, 0) is 31.0 Å². The lowest BCUT2D eigenvalue weighted by molar-refractivity contribution is 0.159. The zero-order chi connectivity index (χ0) is 15.8. The molecule has 0 saturated heterocycles. The fourth-order valence-electron chi connectivity index (χ4n) is 2.01. The Bertz CT molecular complexity index is 702. The Morgan fingerprint density at radius 1 is 1.14 bits per heavy atom. The van der Waals surface area contributed by atoms with E-state index in [1.54, 1.807) is 0 Å². The Labute approximate surface area is 130 Å². The van der Waals surface area contributed by atoms with Crippen molar-refractivity contribution in [2.45, 2.75) is 20.5 Å². The summed E-state index contributed by atoms with van der Waals surface area (Å²) in [6.07, 6.45) is 0. The van der Waals surface area contributed by atoms with Gasteiger partial charge in [0.25, 0.3) is 0 Å². The molecule has 0 aromatic heterocycles. The second kappa shape index (κ2) is 7.84. The van der Waals surface area contributed by atoms with Crippen molar-refractivity contribution >= 4 is 5.71 Å². The standard InChI is InChI=1S/C18H18N2O2/c1-3-22-20-17(12-19)16-10-6-5-9-15(16)13-21-18-11-7-4-8-14(18)2/h4-11H,3,13H2,1-2H3. The molecule has 0 heterocycles. The molecule has 2 rings (SSSR count). The van der Waals surface area contributed by atoms with Crippen molar-refractivity contribution < 1.29 is 9.57 Å². The Kier molecular flexibility index (Phi) is 5.56. The van der Waals surface area contributed by atoms with Crippen LogP contribution in [-0.2, 0) is 11.4 Å². The van der Waals surface area contributed by atoms with Crippen molar-refractivity contribution in [3.05, 3.63) is 65.2 Å². The number of rotatable bonds is 6. The third-order valence-corrected chi connectivity index (χ3v) is 3.14. The minimum atomic E-state index is 0.255. The van der Waals surface area contributed by atoms with Gasteiger partial charge >= 0.3 is 0 Å². The number of benzene rings is 2. The van der Waals surface area contributed by atoms with Crippen LogP contribution >= 0.6 is 0 Å². The molecular weight excluding hydrogens is 276 g/mol. The van der Waals surface area contributed by atoms with Crippen LogP contribution in [0.1, 0.15) is 23.6 Å². The minimum Gasteiger partial charge on any atom is -0.489 e. The van der Waals surface area contributed by atoms with E-state index in [1.807, 2.05) is 62.4 Å². The highest BCUT2D eigenvalue weighted by Gasteiger charge is 2.10. The van der Waals surface area contributed by atoms with Crippen LogP contribution in [0, 0.1) is 18.3 Å². The van der Waals surface area contributed by atoms with Crippen molar-refractivity contribution in [3.8, 4) is 11.8 Å². The first-order valence-corrected chi connectivity index (χ1v) is 7.13. The molecule has 0 fully saturated rings. The summed E-state index contributed by atoms with van der Waals surface area (Å²) in [6.45, 7) is 4.62. The maximum Gasteiger partial charge on any atom is 0.187 e. The Hall–Kier alpha value is -2.80. The van der Waals surface area contributed by atoms with Crippen LogP contribution in [0.3, 0.4) is 0 Å². The molecule has 4 heteroatoms. The molecule has 2 aromatic carbocycles. The van der Waals surface area contributed by atoms with Gasteiger partial charge in [0.15, 0.2) is 5.71 Å². The summed E-state index contributed by atoms with van der Waals surface area (Å²) in [6, 6.07) is 17.5. The van der Waals surface area contributed by atoms with Crippen molar-refractivity contribution in [3.63, 3.8) is 0 Å². The SMILES string of the molecule is CCON=C(C#N)c1ccccc1COc1ccccc1C. The van der Waals surface area contributed by atoms with E-state index in [2.05, 4.69) is 11.2 Å². The molecule has 0 N–H and O–H groups in total. The van der Waals surface area contributed by atoms with E-state index in [4.69, 9.17) is 9.57 Å². The van der Waals surface area contributed by atoms with Gasteiger partial charge in [-0.3, -0.25) is 0 Å². The number of oxime groups is 1. The lowest BCUT2D eigenvalue weighted by Crippen LogP contribution is -2.07. The van der Waals surface area contributed by atoms with E-state index in [0.717, 1.165) is 22.4 Å². The van der Waals surface area contributed by atoms with Gasteiger partial charge in [0, 0.05) is 5.56 Å². The summed E-state index contributed by atoms with van der Waals surface area (Å²) < 4.78 is 5.86. The molecule has 2 aromatic rings. The summed E-state index contributed by atoms with van der Waals surface area (Å²) in [5, 5.41) is 13.1. The Balaban J connectivity index is 2.22. The van der Waals surface area contributed by atoms with E-state index >= 15 is 0 Å². The van der Waals surface area contributed by atoms with Gasteiger partial charge in [0.1, 0.15) is 25.0 Å². The number of ether oxygens (including phenoxy) is 1. The van der Waals surface area contributed by atoms with Crippen LogP contribution < -0.4 is 4.74 Å². The van der Waals surface area contributed by atoms with Crippen LogP contribution in [0.2, 0.25) is 0 Å². The third-order valence-electron chi connectivity index (χ3n) is 3.14. The first kappa shape index (κ1) is 15.6. The lowest BCUT2D eigenvalue weighted by atomic mass is 10.0. The van der Waals surface area contributed by atoms with Gasteiger partial charge in [0.05, 0.1) is 0 Å². The van der Waals surface area contributed by atoms with Crippen LogP contribution in [0.25, 0.3) is 0 Å². The Morgan fingerprint density at radius 2 is 1.86 bits per heavy atom. The predicted molar refractivity (Wildman–Crippen MR) is 85.7 cm³/mol. The van der Waals surface area contributed by atoms with Gasteiger partial charge in [-0.15, -0.1) is 0 Å². The first-order chi connectivity index (χ1) is 10.8. The topological polar surface area (TPSA) is 54.6 Å². The zero-order valence-electron chi connectivity index (χ0n) is 12.7. The molecule has 0 atom stereocenters. The van der Waals surface area contributed by atoms with Gasteiger partial charge in [0.2, 0.25) is 0 Å². The Morgan fingerprint density at radius 3 is 2.59 bits per heavy atom. The summed E-state index contributed by atoms with van der Waals surface area (Å²) in [5.41, 5.74) is 2.95. The highest BCUT2D eigenvalue weighted by molar-refractivity contribution is 6.12. The number of nitrogens with zero attached hydrogens (tertiary/aromatic N) is 2. The van der Waals surface area contributed by atoms with Gasteiger partial charge in [-0.2, -0.15) is 5.26 Å². The molecule has 0 spiro atoms. The number of hydrogen-bond donors (Lipinski definition) is 0. The van der Waals surface area contributed by atoms with Crippen molar-refractivity contribution in [1.82, 2.24) is 0 Å². The van der Waals surface area contributed by atoms with E-state index in [-0.39, 0.29) is 5.71 Å². The fourth-order valence-corrected chi connectivity index (χ4v) is 2.01. The van der Waals surface area contributed by atoms with Crippen molar-refractivity contribution in [2.75, 3.05) is 6.61 Å². The predicted octanol–water partition coefficient (Wildman–Crippen LogP) is 3.84. The first-order valence-electron chi connectivity index (χ1n) is 7.13. The van der Waals surface area contributed by atoms with Gasteiger partial charge in [-0.25, -0.2) is 0 Å². The third kappa shape index (κ3) is 3.86. The van der Waals surface area contributed by atoms with Crippen LogP contribution in [0.15, 0.2) is 53.7 Å². The van der Waals surface area contributed by atoms with Crippen LogP contribution in [0.4, 0.5) is 0 Å². The number of nitriles is 1. The average Bonchev–Trinajstić information content (AvgIpc) is 2.56. The second-order valence-electron chi connectivity index (χ2n) is 4.68. The monoisotopic (exact) mass is 294 g/mol. The molecule has 0 radical (unpaired) electrons. The molecule has 0 saturated carbocycles. The normalized spacial score (nSPS) is 10.9. The molecule has 22 heavy (non-hydrogen) atoms. The summed E-state index contributed by atoms with van der Waals surface area (Å²) in [4.78, 5) is 5.00. The smallest absolute Gasteiger partial charge is 0.187 e. The molecule has 0 unspecified atom stereocenters. The molecule has 0 bridgehead atoms. The lowest BCUT2D eigenvalue weighted by Gasteiger charge is -2.11. The number of hydrogen-bond acceptors (Lipinski definition) is 4. The molecule has 4 nitrogen and oxygen atoms in total. The largest absolute Gasteiger partial charge is 0.489 e. The molecule has 0 aliphatic carbocycles. The maximum absolute atomic E-state index is 9.26. The van der Waals surface area contributed by atoms with Crippen LogP contribution in [0.5, 0.6) is 5.75 Å². The highest BCUT2D eigenvalue weighted by Crippen LogP contribution is 2.19. The van der Waals surface area contributed by atoms with Crippen LogP contribution in [-0.4, -0.2) is 12.3 Å². The maximum atomic E-state index is 9.26. The molecule has 0 aliphatic heterocycles. The summed E-state index contributed by atoms with van der Waals surface area (Å²) >= 11 is 0. The van der Waals surface area contributed by atoms with E-state index in [0.29, 0.717) is 13.2 Å². The molecule has 0 amide bonds. The van der Waals surface area contributed by atoms with E-state index < -0.39 is 0 Å². The van der Waals surface area contributed by atoms with Gasteiger partial charge < -0.3 is 9.57 Å². The summed E-state index contributed by atoms with van der Waals surface area (Å²) in [7, 11) is 0. The van der Waals surface area contributed by atoms with E-state index in [1.165, 1.54) is 0 Å². The quantitative estimate of drug-likeness (QED) is 0.601. The zero-order valence-corrected chi connectivity index (χ0v) is 12.7. The summed E-state index contributed by atoms with van der Waals surface area (Å²) in [5.74, 6) is 0.831. The highest BCUT2D eigenvalue weighted by atomic mass is 16.6. The van der Waals surface area contributed by atoms with E-state index in [9.17, 15) is 5.26 Å². The molecular formula is C18H18N2O2.